The highest BCUT2D eigenvalue weighted by Crippen LogP contribution is 2.31. The first kappa shape index (κ1) is 15.7. The highest BCUT2D eigenvalue weighted by molar-refractivity contribution is 5.89. The highest BCUT2D eigenvalue weighted by Gasteiger charge is 2.22. The molecule has 0 radical (unpaired) electrons. The zero-order valence-electron chi connectivity index (χ0n) is 14.3. The largest absolute Gasteiger partial charge is 0.494 e. The Morgan fingerprint density at radius 1 is 1.04 bits per heavy atom. The number of ether oxygens (including phenoxy) is 1. The van der Waals surface area contributed by atoms with Gasteiger partial charge in [-0.05, 0) is 18.2 Å². The lowest BCUT2D eigenvalue weighted by molar-refractivity contribution is 0.410. The number of aryl methyl sites for hydroxylation is 1. The highest BCUT2D eigenvalue weighted by atomic mass is 19.1. The molecular weight excluding hydrogens is 321 g/mol. The maximum Gasteiger partial charge on any atom is 0.159 e. The van der Waals surface area contributed by atoms with E-state index in [0.717, 1.165) is 48.6 Å². The summed E-state index contributed by atoms with van der Waals surface area (Å²) in [6, 6.07) is 6.74. The maximum atomic E-state index is 13.4. The topological polar surface area (TPSA) is 46.4 Å². The van der Waals surface area contributed by atoms with E-state index in [1.54, 1.807) is 17.9 Å². The number of anilines is 2. The number of nitrogens with zero attached hydrogens (tertiary/aromatic N) is 5. The van der Waals surface area contributed by atoms with Gasteiger partial charge in [0.2, 0.25) is 0 Å². The predicted molar refractivity (Wildman–Crippen MR) is 95.9 cm³/mol. The van der Waals surface area contributed by atoms with Crippen molar-refractivity contribution in [3.8, 4) is 5.75 Å². The summed E-state index contributed by atoms with van der Waals surface area (Å²) in [5.41, 5.74) is 2.98. The molecule has 1 aliphatic heterocycles. The Morgan fingerprint density at radius 2 is 1.76 bits per heavy atom. The van der Waals surface area contributed by atoms with Crippen LogP contribution in [-0.2, 0) is 7.05 Å². The second kappa shape index (κ2) is 6.23. The summed E-state index contributed by atoms with van der Waals surface area (Å²) in [7, 11) is 3.47. The molecule has 130 valence electrons. The quantitative estimate of drug-likeness (QED) is 0.732. The Balaban J connectivity index is 1.55. The van der Waals surface area contributed by atoms with Crippen molar-refractivity contribution in [2.24, 2.45) is 7.05 Å². The molecule has 0 atom stereocenters. The van der Waals surface area contributed by atoms with Crippen LogP contribution in [0.15, 0.2) is 36.7 Å². The van der Waals surface area contributed by atoms with Crippen LogP contribution in [-0.4, -0.2) is 48.1 Å². The van der Waals surface area contributed by atoms with Gasteiger partial charge in [-0.25, -0.2) is 9.37 Å². The third kappa shape index (κ3) is 2.75. The molecule has 0 unspecified atom stereocenters. The molecule has 0 saturated carbocycles. The Hall–Kier alpha value is -2.83. The fraction of sp³-hybridized carbons (Fsp3) is 0.333. The number of pyridine rings is 1. The maximum absolute atomic E-state index is 13.4. The normalized spacial score (nSPS) is 15.0. The molecule has 1 saturated heterocycles. The van der Waals surface area contributed by atoms with Gasteiger partial charge in [-0.15, -0.1) is 0 Å². The van der Waals surface area contributed by atoms with Gasteiger partial charge < -0.3 is 14.5 Å². The summed E-state index contributed by atoms with van der Waals surface area (Å²) >= 11 is 0. The van der Waals surface area contributed by atoms with Crippen molar-refractivity contribution in [1.29, 1.82) is 0 Å². The molecule has 0 N–H and O–H groups in total. The van der Waals surface area contributed by atoms with Crippen LogP contribution in [0.5, 0.6) is 5.75 Å². The molecular formula is C18H20FN5O. The van der Waals surface area contributed by atoms with Crippen LogP contribution >= 0.6 is 0 Å². The number of halogens is 1. The molecule has 3 heterocycles. The molecule has 25 heavy (non-hydrogen) atoms. The minimum Gasteiger partial charge on any atom is -0.494 e. The summed E-state index contributed by atoms with van der Waals surface area (Å²) in [6.45, 7) is 3.42. The monoisotopic (exact) mass is 341 g/mol. The zero-order valence-corrected chi connectivity index (χ0v) is 14.3. The van der Waals surface area contributed by atoms with Gasteiger partial charge in [-0.1, -0.05) is 0 Å². The fourth-order valence-electron chi connectivity index (χ4n) is 3.41. The second-order valence-electron chi connectivity index (χ2n) is 6.13. The van der Waals surface area contributed by atoms with E-state index in [1.165, 1.54) is 12.1 Å². The number of fused-ring (bicyclic) bond motifs is 1. The number of methoxy groups -OCH3 is 1. The Kier molecular flexibility index (Phi) is 3.91. The lowest BCUT2D eigenvalue weighted by atomic mass is 10.2. The van der Waals surface area contributed by atoms with Crippen molar-refractivity contribution in [3.05, 3.63) is 42.5 Å². The van der Waals surface area contributed by atoms with Crippen LogP contribution in [0, 0.1) is 5.82 Å². The van der Waals surface area contributed by atoms with E-state index in [-0.39, 0.29) is 5.82 Å². The Labute approximate surface area is 145 Å². The molecule has 2 aromatic heterocycles. The van der Waals surface area contributed by atoms with E-state index in [9.17, 15) is 4.39 Å². The molecule has 6 nitrogen and oxygen atoms in total. The van der Waals surface area contributed by atoms with Crippen molar-refractivity contribution < 1.29 is 9.13 Å². The van der Waals surface area contributed by atoms with E-state index in [2.05, 4.69) is 19.9 Å². The average Bonchev–Trinajstić information content (AvgIpc) is 3.03. The number of hydrogen-bond acceptors (Lipinski definition) is 5. The van der Waals surface area contributed by atoms with Crippen LogP contribution in [0.25, 0.3) is 11.0 Å². The van der Waals surface area contributed by atoms with Crippen molar-refractivity contribution in [2.75, 3.05) is 43.1 Å². The van der Waals surface area contributed by atoms with E-state index in [0.29, 0.717) is 5.75 Å². The Bertz CT molecular complexity index is 902. The number of aromatic nitrogens is 3. The third-order valence-corrected chi connectivity index (χ3v) is 4.72. The van der Waals surface area contributed by atoms with Crippen LogP contribution in [0.2, 0.25) is 0 Å². The van der Waals surface area contributed by atoms with E-state index in [1.807, 2.05) is 25.5 Å². The van der Waals surface area contributed by atoms with Gasteiger partial charge >= 0.3 is 0 Å². The van der Waals surface area contributed by atoms with E-state index >= 15 is 0 Å². The predicted octanol–water partition coefficient (Wildman–Crippen LogP) is 2.44. The molecule has 1 fully saturated rings. The molecule has 1 aromatic carbocycles. The molecule has 0 amide bonds. The van der Waals surface area contributed by atoms with Crippen LogP contribution in [0.3, 0.4) is 0 Å². The summed E-state index contributed by atoms with van der Waals surface area (Å²) in [4.78, 5) is 8.98. The van der Waals surface area contributed by atoms with E-state index < -0.39 is 0 Å². The smallest absolute Gasteiger partial charge is 0.159 e. The summed E-state index contributed by atoms with van der Waals surface area (Å²) in [5.74, 6) is 0.294. The third-order valence-electron chi connectivity index (χ3n) is 4.72. The van der Waals surface area contributed by atoms with Crippen molar-refractivity contribution in [2.45, 2.75) is 0 Å². The number of rotatable bonds is 3. The molecule has 0 spiro atoms. The first-order valence-electron chi connectivity index (χ1n) is 8.27. The van der Waals surface area contributed by atoms with Crippen molar-refractivity contribution in [1.82, 2.24) is 14.8 Å². The summed E-state index contributed by atoms with van der Waals surface area (Å²) in [6.07, 6.45) is 3.70. The lowest BCUT2D eigenvalue weighted by Gasteiger charge is -2.38. The van der Waals surface area contributed by atoms with Gasteiger partial charge in [-0.2, -0.15) is 5.10 Å². The van der Waals surface area contributed by atoms with Crippen molar-refractivity contribution >= 4 is 22.4 Å². The molecule has 0 bridgehead atoms. The zero-order chi connectivity index (χ0) is 17.4. The minimum atomic E-state index is -0.282. The SMILES string of the molecule is COc1cc(F)ccc1N1CCN(c2ccnc3c2cnn3C)CC1. The van der Waals surface area contributed by atoms with Gasteiger partial charge in [-0.3, -0.25) is 4.68 Å². The molecule has 1 aliphatic rings. The van der Waals surface area contributed by atoms with Gasteiger partial charge in [0.1, 0.15) is 11.6 Å². The summed E-state index contributed by atoms with van der Waals surface area (Å²) < 4.78 is 20.5. The number of hydrogen-bond donors (Lipinski definition) is 0. The number of piperazine rings is 1. The van der Waals surface area contributed by atoms with Crippen LogP contribution in [0.4, 0.5) is 15.8 Å². The van der Waals surface area contributed by atoms with Crippen LogP contribution < -0.4 is 14.5 Å². The van der Waals surface area contributed by atoms with Gasteiger partial charge in [0.15, 0.2) is 5.65 Å². The molecule has 0 aliphatic carbocycles. The summed E-state index contributed by atoms with van der Waals surface area (Å²) in [5, 5.41) is 5.38. The average molecular weight is 341 g/mol. The molecule has 7 heteroatoms. The fourth-order valence-corrected chi connectivity index (χ4v) is 3.41. The molecule has 3 aromatic rings. The van der Waals surface area contributed by atoms with E-state index in [4.69, 9.17) is 4.74 Å². The Morgan fingerprint density at radius 3 is 2.48 bits per heavy atom. The minimum absolute atomic E-state index is 0.282. The van der Waals surface area contributed by atoms with Crippen molar-refractivity contribution in [3.63, 3.8) is 0 Å². The van der Waals surface area contributed by atoms with Crippen LogP contribution in [0.1, 0.15) is 0 Å². The first-order valence-corrected chi connectivity index (χ1v) is 8.27. The first-order chi connectivity index (χ1) is 12.2. The van der Waals surface area contributed by atoms with Gasteiger partial charge in [0.05, 0.1) is 30.1 Å². The van der Waals surface area contributed by atoms with Gasteiger partial charge in [0.25, 0.3) is 0 Å². The standard InChI is InChI=1S/C18H20FN5O/c1-22-18-14(12-21-22)15(5-6-20-18)23-7-9-24(10-8-23)16-4-3-13(19)11-17(16)25-2/h3-6,11-12H,7-10H2,1-2H3. The number of benzene rings is 1. The second-order valence-corrected chi connectivity index (χ2v) is 6.13. The molecule has 4 rings (SSSR count). The van der Waals surface area contributed by atoms with Gasteiger partial charge in [0, 0.05) is 45.5 Å². The lowest BCUT2D eigenvalue weighted by Crippen LogP contribution is -2.46.